The molecule has 0 radical (unpaired) electrons. The van der Waals surface area contributed by atoms with Gasteiger partial charge in [0.15, 0.2) is 12.1 Å². The van der Waals surface area contributed by atoms with Crippen LogP contribution in [0.5, 0.6) is 0 Å². The molecular weight excluding hydrogens is 232 g/mol. The average Bonchev–Trinajstić information content (AvgIpc) is 2.94. The smallest absolute Gasteiger partial charge is 0.273 e. The lowest BCUT2D eigenvalue weighted by atomic mass is 10.3. The van der Waals surface area contributed by atoms with Crippen molar-refractivity contribution in [2.75, 3.05) is 6.54 Å². The number of oxazole rings is 1. The lowest BCUT2D eigenvalue weighted by Crippen LogP contribution is -2.30. The Morgan fingerprint density at radius 1 is 1.56 bits per heavy atom. The van der Waals surface area contributed by atoms with Gasteiger partial charge in [0, 0.05) is 12.7 Å². The molecule has 0 bridgehead atoms. The van der Waals surface area contributed by atoms with Crippen LogP contribution >= 0.6 is 0 Å². The Labute approximate surface area is 105 Å². The van der Waals surface area contributed by atoms with Crippen molar-refractivity contribution < 1.29 is 9.21 Å². The Morgan fingerprint density at radius 3 is 2.89 bits per heavy atom. The molecule has 2 aromatic rings. The number of nitrogens with one attached hydrogen (secondary N) is 1. The Morgan fingerprint density at radius 2 is 2.33 bits per heavy atom. The van der Waals surface area contributed by atoms with E-state index in [1.165, 1.54) is 6.39 Å². The zero-order valence-electron chi connectivity index (χ0n) is 10.7. The highest BCUT2D eigenvalue weighted by molar-refractivity contribution is 5.93. The van der Waals surface area contributed by atoms with Gasteiger partial charge in [0.25, 0.3) is 5.91 Å². The first-order valence-electron chi connectivity index (χ1n) is 5.77. The van der Waals surface area contributed by atoms with E-state index in [1.54, 1.807) is 13.1 Å². The summed E-state index contributed by atoms with van der Waals surface area (Å²) in [5, 5.41) is 7.02. The topological polar surface area (TPSA) is 73.0 Å². The minimum Gasteiger partial charge on any atom is -0.448 e. The molecular formula is C12H16N4O2. The molecule has 0 fully saturated rings. The van der Waals surface area contributed by atoms with Gasteiger partial charge in [-0.05, 0) is 26.3 Å². The number of rotatable bonds is 4. The summed E-state index contributed by atoms with van der Waals surface area (Å²) in [5.74, 6) is 0.298. The summed E-state index contributed by atoms with van der Waals surface area (Å²) in [6.45, 7) is 6.17. The van der Waals surface area contributed by atoms with Gasteiger partial charge < -0.3 is 9.73 Å². The van der Waals surface area contributed by atoms with Crippen molar-refractivity contribution in [1.29, 1.82) is 0 Å². The van der Waals surface area contributed by atoms with Crippen LogP contribution in [-0.2, 0) is 0 Å². The fraction of sp³-hybridized carbons (Fsp3) is 0.417. The zero-order valence-corrected chi connectivity index (χ0v) is 10.7. The lowest BCUT2D eigenvalue weighted by molar-refractivity contribution is 0.0942. The van der Waals surface area contributed by atoms with Gasteiger partial charge in [-0.25, -0.2) is 4.98 Å². The summed E-state index contributed by atoms with van der Waals surface area (Å²) in [7, 11) is 0. The highest BCUT2D eigenvalue weighted by Gasteiger charge is 2.14. The molecule has 6 nitrogen and oxygen atoms in total. The van der Waals surface area contributed by atoms with Gasteiger partial charge in [0.2, 0.25) is 0 Å². The molecule has 96 valence electrons. The highest BCUT2D eigenvalue weighted by atomic mass is 16.3. The summed E-state index contributed by atoms with van der Waals surface area (Å²) >= 11 is 0. The number of nitrogens with zero attached hydrogens (tertiary/aromatic N) is 3. The van der Waals surface area contributed by atoms with Crippen LogP contribution in [0.1, 0.15) is 34.8 Å². The van der Waals surface area contributed by atoms with Crippen molar-refractivity contribution >= 4 is 5.91 Å². The molecule has 18 heavy (non-hydrogen) atoms. The van der Waals surface area contributed by atoms with Crippen LogP contribution in [0.4, 0.5) is 0 Å². The highest BCUT2D eigenvalue weighted by Crippen LogP contribution is 2.07. The SMILES string of the molecule is Cc1cnn(C(C)CNC(=O)c2ncoc2C)c1. The van der Waals surface area contributed by atoms with E-state index in [2.05, 4.69) is 15.4 Å². The molecule has 1 N–H and O–H groups in total. The fourth-order valence-electron chi connectivity index (χ4n) is 1.62. The van der Waals surface area contributed by atoms with E-state index in [0.717, 1.165) is 5.56 Å². The maximum Gasteiger partial charge on any atom is 0.273 e. The Balaban J connectivity index is 1.92. The molecule has 1 amide bonds. The first-order chi connectivity index (χ1) is 8.58. The molecule has 0 aliphatic heterocycles. The second-order valence-corrected chi connectivity index (χ2v) is 4.31. The fourth-order valence-corrected chi connectivity index (χ4v) is 1.62. The molecule has 6 heteroatoms. The van der Waals surface area contributed by atoms with Crippen LogP contribution in [0, 0.1) is 13.8 Å². The monoisotopic (exact) mass is 248 g/mol. The van der Waals surface area contributed by atoms with Gasteiger partial charge in [0.1, 0.15) is 5.76 Å². The molecule has 0 aliphatic carbocycles. The van der Waals surface area contributed by atoms with Crippen molar-refractivity contribution in [3.8, 4) is 0 Å². The van der Waals surface area contributed by atoms with Crippen LogP contribution < -0.4 is 5.32 Å². The van der Waals surface area contributed by atoms with Crippen LogP contribution in [0.15, 0.2) is 23.2 Å². The Kier molecular flexibility index (Phi) is 3.45. The van der Waals surface area contributed by atoms with E-state index in [1.807, 2.05) is 24.7 Å². The van der Waals surface area contributed by atoms with Gasteiger partial charge in [-0.15, -0.1) is 0 Å². The molecule has 0 saturated carbocycles. The number of hydrogen-bond acceptors (Lipinski definition) is 4. The number of hydrogen-bond donors (Lipinski definition) is 1. The molecule has 1 atom stereocenters. The minimum absolute atomic E-state index is 0.0925. The predicted octanol–water partition coefficient (Wildman–Crippen LogP) is 1.48. The second kappa shape index (κ2) is 5.03. The predicted molar refractivity (Wildman–Crippen MR) is 65.2 cm³/mol. The summed E-state index contributed by atoms with van der Waals surface area (Å²) in [5.41, 5.74) is 1.43. The van der Waals surface area contributed by atoms with Gasteiger partial charge >= 0.3 is 0 Å². The summed E-state index contributed by atoms with van der Waals surface area (Å²) in [6, 6.07) is 0.0925. The number of carbonyl (C=O) groups excluding carboxylic acids is 1. The Bertz CT molecular complexity index is 544. The van der Waals surface area contributed by atoms with Crippen molar-refractivity contribution in [1.82, 2.24) is 20.1 Å². The van der Waals surface area contributed by atoms with Crippen LogP contribution in [0.3, 0.4) is 0 Å². The van der Waals surface area contributed by atoms with Gasteiger partial charge in [-0.2, -0.15) is 5.10 Å². The maximum atomic E-state index is 11.8. The van der Waals surface area contributed by atoms with E-state index in [4.69, 9.17) is 4.42 Å². The molecule has 2 aromatic heterocycles. The molecule has 0 aromatic carbocycles. The summed E-state index contributed by atoms with van der Waals surface area (Å²) in [4.78, 5) is 15.7. The van der Waals surface area contributed by atoms with Gasteiger partial charge in [0.05, 0.1) is 12.2 Å². The number of carbonyl (C=O) groups is 1. The first kappa shape index (κ1) is 12.3. The van der Waals surface area contributed by atoms with Crippen molar-refractivity contribution in [3.63, 3.8) is 0 Å². The number of aryl methyl sites for hydroxylation is 2. The molecule has 2 rings (SSSR count). The molecule has 0 saturated heterocycles. The largest absolute Gasteiger partial charge is 0.448 e. The lowest BCUT2D eigenvalue weighted by Gasteiger charge is -2.12. The van der Waals surface area contributed by atoms with Crippen LogP contribution in [-0.4, -0.2) is 27.2 Å². The normalized spacial score (nSPS) is 12.4. The van der Waals surface area contributed by atoms with E-state index >= 15 is 0 Å². The van der Waals surface area contributed by atoms with Crippen molar-refractivity contribution in [3.05, 3.63) is 35.8 Å². The average molecular weight is 248 g/mol. The number of amides is 1. The summed E-state index contributed by atoms with van der Waals surface area (Å²) in [6.07, 6.45) is 5.00. The van der Waals surface area contributed by atoms with E-state index in [0.29, 0.717) is 18.0 Å². The molecule has 0 spiro atoms. The third kappa shape index (κ3) is 2.58. The van der Waals surface area contributed by atoms with E-state index < -0.39 is 0 Å². The van der Waals surface area contributed by atoms with Crippen LogP contribution in [0.2, 0.25) is 0 Å². The third-order valence-corrected chi connectivity index (χ3v) is 2.70. The molecule has 0 aliphatic rings. The van der Waals surface area contributed by atoms with Crippen molar-refractivity contribution in [2.45, 2.75) is 26.8 Å². The third-order valence-electron chi connectivity index (χ3n) is 2.70. The van der Waals surface area contributed by atoms with Gasteiger partial charge in [-0.3, -0.25) is 9.48 Å². The minimum atomic E-state index is -0.225. The van der Waals surface area contributed by atoms with E-state index in [-0.39, 0.29) is 11.9 Å². The van der Waals surface area contributed by atoms with Crippen molar-refractivity contribution in [2.24, 2.45) is 0 Å². The van der Waals surface area contributed by atoms with Crippen LogP contribution in [0.25, 0.3) is 0 Å². The van der Waals surface area contributed by atoms with E-state index in [9.17, 15) is 4.79 Å². The number of aromatic nitrogens is 3. The quantitative estimate of drug-likeness (QED) is 0.889. The maximum absolute atomic E-state index is 11.8. The molecule has 2 heterocycles. The van der Waals surface area contributed by atoms with Gasteiger partial charge in [-0.1, -0.05) is 0 Å². The second-order valence-electron chi connectivity index (χ2n) is 4.31. The zero-order chi connectivity index (χ0) is 13.1. The Hall–Kier alpha value is -2.11. The summed E-state index contributed by atoms with van der Waals surface area (Å²) < 4.78 is 6.82. The standard InChI is InChI=1S/C12H16N4O2/c1-8-4-15-16(6-8)9(2)5-13-12(17)11-10(3)18-7-14-11/h4,6-7,9H,5H2,1-3H3,(H,13,17). The first-order valence-corrected chi connectivity index (χ1v) is 5.77. The molecule has 1 unspecified atom stereocenters.